The summed E-state index contributed by atoms with van der Waals surface area (Å²) in [5.74, 6) is 0.313. The minimum absolute atomic E-state index is 0.132. The van der Waals surface area contributed by atoms with Crippen molar-refractivity contribution >= 4 is 17.5 Å². The van der Waals surface area contributed by atoms with Crippen molar-refractivity contribution in [2.45, 2.75) is 93.9 Å². The van der Waals surface area contributed by atoms with Gasteiger partial charge in [-0.2, -0.15) is 0 Å². The van der Waals surface area contributed by atoms with Crippen molar-refractivity contribution in [3.63, 3.8) is 0 Å². The Morgan fingerprint density at radius 2 is 1.30 bits per heavy atom. The molecule has 0 radical (unpaired) electrons. The summed E-state index contributed by atoms with van der Waals surface area (Å²) < 4.78 is 5.61. The van der Waals surface area contributed by atoms with Gasteiger partial charge in [-0.3, -0.25) is 14.4 Å². The van der Waals surface area contributed by atoms with Gasteiger partial charge in [0.25, 0.3) is 0 Å². The Morgan fingerprint density at radius 1 is 0.879 bits per heavy atom. The van der Waals surface area contributed by atoms with Crippen molar-refractivity contribution < 1.29 is 19.1 Å². The van der Waals surface area contributed by atoms with E-state index in [9.17, 15) is 14.4 Å². The molecule has 4 aliphatic carbocycles. The van der Waals surface area contributed by atoms with Gasteiger partial charge >= 0.3 is 5.97 Å². The Balaban J connectivity index is 1.90. The van der Waals surface area contributed by atoms with E-state index in [-0.39, 0.29) is 57.6 Å². The van der Waals surface area contributed by atoms with E-state index in [1.807, 2.05) is 26.0 Å². The summed E-state index contributed by atoms with van der Waals surface area (Å²) in [4.78, 5) is 40.9. The molecule has 4 nitrogen and oxygen atoms in total. The summed E-state index contributed by atoms with van der Waals surface area (Å²) in [5, 5.41) is 0. The monoisotopic (exact) mass is 454 g/mol. The molecule has 5 atom stereocenters. The summed E-state index contributed by atoms with van der Waals surface area (Å²) in [6, 6.07) is 0. The van der Waals surface area contributed by atoms with Crippen LogP contribution in [0.2, 0.25) is 0 Å². The maximum absolute atomic E-state index is 13.6. The summed E-state index contributed by atoms with van der Waals surface area (Å²) in [5.41, 5.74) is -0.543. The van der Waals surface area contributed by atoms with Crippen LogP contribution in [0.3, 0.4) is 0 Å². The predicted octanol–water partition coefficient (Wildman–Crippen LogP) is 6.24. The molecule has 0 saturated heterocycles. The number of Topliss-reactive ketones (excluding diaryl/α,β-unsaturated/α-hetero) is 2. The number of carbonyl (C=O) groups excluding carboxylic acids is 3. The first-order valence-electron chi connectivity index (χ1n) is 13.0. The molecule has 4 saturated carbocycles. The highest BCUT2D eigenvalue weighted by Crippen LogP contribution is 2.67. The van der Waals surface area contributed by atoms with Crippen LogP contribution in [0.5, 0.6) is 0 Å². The van der Waals surface area contributed by atoms with Gasteiger partial charge in [-0.15, -0.1) is 0 Å². The van der Waals surface area contributed by atoms with Crippen LogP contribution in [0.25, 0.3) is 0 Å². The number of hydrogen-bond acceptors (Lipinski definition) is 4. The molecule has 1 unspecified atom stereocenters. The Bertz CT molecular complexity index is 900. The lowest BCUT2D eigenvalue weighted by atomic mass is 9.70. The third kappa shape index (κ3) is 2.91. The van der Waals surface area contributed by atoms with Crippen LogP contribution in [0, 0.1) is 38.9 Å². The fraction of sp³-hybridized carbons (Fsp3) is 0.759. The first kappa shape index (κ1) is 24.4. The van der Waals surface area contributed by atoms with E-state index >= 15 is 0 Å². The topological polar surface area (TPSA) is 60.4 Å². The maximum atomic E-state index is 13.6. The van der Waals surface area contributed by atoms with Gasteiger partial charge in [-0.25, -0.2) is 0 Å². The SMILES string of the molecule is CCCC(/C=C1\C(=O)[C@@]2(C)CC[C@H]1C2(C)C)(/C=C1\C(=O)[C@@]2(C)CC[C@@H]1C2(C)C)C(=O)OCC. The van der Waals surface area contributed by atoms with E-state index in [0.717, 1.165) is 43.3 Å². The minimum atomic E-state index is -1.07. The Hall–Kier alpha value is -1.71. The molecule has 4 fully saturated rings. The molecular weight excluding hydrogens is 412 g/mol. The second kappa shape index (κ2) is 7.39. The number of carbonyl (C=O) groups is 3. The van der Waals surface area contributed by atoms with Crippen molar-refractivity contribution in [3.8, 4) is 0 Å². The van der Waals surface area contributed by atoms with E-state index < -0.39 is 5.41 Å². The number of hydrogen-bond donors (Lipinski definition) is 0. The number of ketones is 2. The lowest BCUT2D eigenvalue weighted by Gasteiger charge is -2.31. The predicted molar refractivity (Wildman–Crippen MR) is 129 cm³/mol. The van der Waals surface area contributed by atoms with Crippen LogP contribution in [0.15, 0.2) is 23.3 Å². The van der Waals surface area contributed by atoms with Crippen molar-refractivity contribution in [2.75, 3.05) is 6.61 Å². The fourth-order valence-corrected chi connectivity index (χ4v) is 7.83. The molecular formula is C29H42O4. The molecule has 33 heavy (non-hydrogen) atoms. The Labute approximate surface area is 199 Å². The molecule has 4 aliphatic rings. The van der Waals surface area contributed by atoms with E-state index in [4.69, 9.17) is 4.74 Å². The molecule has 4 heteroatoms. The van der Waals surface area contributed by atoms with E-state index in [0.29, 0.717) is 6.42 Å². The molecule has 0 aliphatic heterocycles. The average molecular weight is 455 g/mol. The van der Waals surface area contributed by atoms with Crippen LogP contribution in [0.4, 0.5) is 0 Å². The molecule has 0 heterocycles. The third-order valence-corrected chi connectivity index (χ3v) is 10.9. The molecule has 0 spiro atoms. The number of ether oxygens (including phenoxy) is 1. The number of rotatable bonds is 6. The summed E-state index contributed by atoms with van der Waals surface area (Å²) in [6.07, 6.45) is 8.90. The zero-order valence-corrected chi connectivity index (χ0v) is 21.9. The lowest BCUT2D eigenvalue weighted by Crippen LogP contribution is -2.34. The Kier molecular flexibility index (Phi) is 5.47. The molecule has 0 aromatic rings. The minimum Gasteiger partial charge on any atom is -0.465 e. The first-order valence-corrected chi connectivity index (χ1v) is 13.0. The molecule has 182 valence electrons. The standard InChI is InChI=1S/C29H42O4/c1-9-13-29(24(32)33-10-2,16-18-20-11-14-27(7,22(18)30)25(20,3)4)17-19-21-12-15-28(8,23(19)31)26(21,5)6/h16-17,20-21H,9-15H2,1-8H3/b18-16-,19-17-/t20-,21+,27-,28-,29?/m1/s1. The van der Waals surface area contributed by atoms with Gasteiger partial charge in [0.1, 0.15) is 5.41 Å². The van der Waals surface area contributed by atoms with Gasteiger partial charge in [-0.05, 0) is 72.8 Å². The summed E-state index contributed by atoms with van der Waals surface area (Å²) in [6.45, 7) is 17.1. The maximum Gasteiger partial charge on any atom is 0.319 e. The quantitative estimate of drug-likeness (QED) is 0.352. The van der Waals surface area contributed by atoms with Crippen LogP contribution in [0.1, 0.15) is 93.9 Å². The number of allylic oxidation sites excluding steroid dienone is 2. The highest BCUT2D eigenvalue weighted by Gasteiger charge is 2.66. The van der Waals surface area contributed by atoms with Gasteiger partial charge in [0.05, 0.1) is 6.61 Å². The zero-order chi connectivity index (χ0) is 24.6. The highest BCUT2D eigenvalue weighted by molar-refractivity contribution is 6.07. The zero-order valence-electron chi connectivity index (χ0n) is 21.9. The lowest BCUT2D eigenvalue weighted by molar-refractivity contribution is -0.150. The number of fused-ring (bicyclic) bond motifs is 4. The van der Waals surface area contributed by atoms with Gasteiger partial charge in [0.15, 0.2) is 11.6 Å². The van der Waals surface area contributed by atoms with Crippen molar-refractivity contribution in [1.29, 1.82) is 0 Å². The first-order chi connectivity index (χ1) is 15.2. The molecule has 4 bridgehead atoms. The van der Waals surface area contributed by atoms with Gasteiger partial charge in [0.2, 0.25) is 0 Å². The van der Waals surface area contributed by atoms with Crippen molar-refractivity contribution in [3.05, 3.63) is 23.3 Å². The molecule has 0 aromatic carbocycles. The van der Waals surface area contributed by atoms with Crippen LogP contribution >= 0.6 is 0 Å². The summed E-state index contributed by atoms with van der Waals surface area (Å²) in [7, 11) is 0. The average Bonchev–Trinajstić information content (AvgIpc) is 3.21. The number of esters is 1. The van der Waals surface area contributed by atoms with Crippen LogP contribution in [-0.2, 0) is 19.1 Å². The largest absolute Gasteiger partial charge is 0.465 e. The second-order valence-corrected chi connectivity index (χ2v) is 12.7. The molecule has 4 rings (SSSR count). The Morgan fingerprint density at radius 3 is 1.61 bits per heavy atom. The molecule has 0 amide bonds. The molecule has 0 aromatic heterocycles. The highest BCUT2D eigenvalue weighted by atomic mass is 16.5. The van der Waals surface area contributed by atoms with Crippen LogP contribution < -0.4 is 0 Å². The van der Waals surface area contributed by atoms with Crippen molar-refractivity contribution in [2.24, 2.45) is 38.9 Å². The van der Waals surface area contributed by atoms with Gasteiger partial charge < -0.3 is 4.74 Å². The normalized spacial score (nSPS) is 40.1. The fourth-order valence-electron chi connectivity index (χ4n) is 7.83. The van der Waals surface area contributed by atoms with E-state index in [1.54, 1.807) is 0 Å². The van der Waals surface area contributed by atoms with Crippen LogP contribution in [-0.4, -0.2) is 24.1 Å². The third-order valence-electron chi connectivity index (χ3n) is 10.9. The van der Waals surface area contributed by atoms with E-state index in [1.165, 1.54) is 0 Å². The molecule has 0 N–H and O–H groups in total. The smallest absolute Gasteiger partial charge is 0.319 e. The van der Waals surface area contributed by atoms with Gasteiger partial charge in [0, 0.05) is 10.8 Å². The summed E-state index contributed by atoms with van der Waals surface area (Å²) >= 11 is 0. The van der Waals surface area contributed by atoms with Crippen molar-refractivity contribution in [1.82, 2.24) is 0 Å². The van der Waals surface area contributed by atoms with E-state index in [2.05, 4.69) is 41.5 Å². The second-order valence-electron chi connectivity index (χ2n) is 12.7. The van der Waals surface area contributed by atoms with Gasteiger partial charge in [-0.1, -0.05) is 67.0 Å².